The van der Waals surface area contributed by atoms with Crippen LogP contribution in [0.2, 0.25) is 0 Å². The van der Waals surface area contributed by atoms with Crippen LogP contribution in [-0.2, 0) is 0 Å². The summed E-state index contributed by atoms with van der Waals surface area (Å²) < 4.78 is 41.3. The number of ether oxygens (including phenoxy) is 1. The minimum atomic E-state index is -4.17. The highest BCUT2D eigenvalue weighted by atomic mass is 32.1. The molecule has 0 aliphatic carbocycles. The Hall–Kier alpha value is -1.64. The van der Waals surface area contributed by atoms with Gasteiger partial charge in [0, 0.05) is 27.1 Å². The van der Waals surface area contributed by atoms with Gasteiger partial charge in [0.1, 0.15) is 15.6 Å². The monoisotopic (exact) mass is 325 g/mol. The zero-order chi connectivity index (χ0) is 16.2. The van der Waals surface area contributed by atoms with Crippen molar-refractivity contribution >= 4 is 27.9 Å². The van der Waals surface area contributed by atoms with Crippen LogP contribution in [0, 0.1) is 0 Å². The van der Waals surface area contributed by atoms with Crippen molar-refractivity contribution in [3.8, 4) is 5.75 Å². The lowest BCUT2D eigenvalue weighted by molar-refractivity contribution is -0.134. The predicted molar refractivity (Wildman–Crippen MR) is 77.1 cm³/mol. The van der Waals surface area contributed by atoms with Gasteiger partial charge >= 0.3 is 6.18 Å². The SMILES string of the molecule is COc1c(NCCCC(F)(F)F)sc(C(=O)N(C)C)c1N. The summed E-state index contributed by atoms with van der Waals surface area (Å²) >= 11 is 1.07. The molecule has 0 atom stereocenters. The normalized spacial score (nSPS) is 11.3. The average Bonchev–Trinajstić information content (AvgIpc) is 2.68. The summed E-state index contributed by atoms with van der Waals surface area (Å²) in [5, 5.41) is 3.30. The molecule has 1 amide bonds. The minimum absolute atomic E-state index is 0.0680. The zero-order valence-corrected chi connectivity index (χ0v) is 12.8. The third-order valence-corrected chi connectivity index (χ3v) is 3.76. The summed E-state index contributed by atoms with van der Waals surface area (Å²) in [6, 6.07) is 0. The summed E-state index contributed by atoms with van der Waals surface area (Å²) in [4.78, 5) is 13.6. The number of thiophene rings is 1. The first-order valence-electron chi connectivity index (χ1n) is 6.16. The molecule has 1 heterocycles. The number of alkyl halides is 3. The minimum Gasteiger partial charge on any atom is -0.492 e. The fourth-order valence-corrected chi connectivity index (χ4v) is 2.74. The number of anilines is 2. The van der Waals surface area contributed by atoms with E-state index in [1.807, 2.05) is 0 Å². The predicted octanol–water partition coefficient (Wildman–Crippen LogP) is 2.80. The van der Waals surface area contributed by atoms with Crippen LogP contribution in [0.15, 0.2) is 0 Å². The van der Waals surface area contributed by atoms with E-state index in [1.165, 1.54) is 12.0 Å². The third kappa shape index (κ3) is 4.69. The Balaban J connectivity index is 2.78. The van der Waals surface area contributed by atoms with Crippen molar-refractivity contribution in [3.63, 3.8) is 0 Å². The topological polar surface area (TPSA) is 67.6 Å². The summed E-state index contributed by atoms with van der Waals surface area (Å²) in [6.45, 7) is 0.116. The molecule has 1 aromatic heterocycles. The molecule has 3 N–H and O–H groups in total. The second-order valence-corrected chi connectivity index (χ2v) is 5.57. The maximum absolute atomic E-state index is 12.1. The van der Waals surface area contributed by atoms with Crippen LogP contribution in [0.25, 0.3) is 0 Å². The van der Waals surface area contributed by atoms with E-state index in [0.29, 0.717) is 9.88 Å². The number of nitrogens with two attached hydrogens (primary N) is 1. The maximum Gasteiger partial charge on any atom is 0.389 e. The van der Waals surface area contributed by atoms with Gasteiger partial charge in [-0.25, -0.2) is 0 Å². The van der Waals surface area contributed by atoms with Gasteiger partial charge in [-0.2, -0.15) is 13.2 Å². The fraction of sp³-hybridized carbons (Fsp3) is 0.583. The molecule has 0 saturated carbocycles. The standard InChI is InChI=1S/C12H18F3N3O2S/c1-18(2)11(19)9-7(16)8(20-3)10(21-9)17-6-4-5-12(13,14)15/h17H,4-6,16H2,1-3H3. The maximum atomic E-state index is 12.1. The summed E-state index contributed by atoms with van der Waals surface area (Å²) in [6.07, 6.45) is -5.11. The molecule has 5 nitrogen and oxygen atoms in total. The van der Waals surface area contributed by atoms with E-state index in [9.17, 15) is 18.0 Å². The highest BCUT2D eigenvalue weighted by Crippen LogP contribution is 2.42. The molecule has 0 bridgehead atoms. The van der Waals surface area contributed by atoms with Crippen molar-refractivity contribution in [1.29, 1.82) is 0 Å². The first-order chi connectivity index (χ1) is 9.67. The number of nitrogen functional groups attached to an aromatic ring is 1. The number of hydrogen-bond acceptors (Lipinski definition) is 5. The highest BCUT2D eigenvalue weighted by Gasteiger charge is 2.26. The Labute approximate surface area is 124 Å². The van der Waals surface area contributed by atoms with E-state index in [1.54, 1.807) is 14.1 Å². The van der Waals surface area contributed by atoms with Gasteiger partial charge in [0.05, 0.1) is 7.11 Å². The average molecular weight is 325 g/mol. The Morgan fingerprint density at radius 1 is 1.43 bits per heavy atom. The lowest BCUT2D eigenvalue weighted by Crippen LogP contribution is -2.21. The van der Waals surface area contributed by atoms with Gasteiger partial charge in [-0.3, -0.25) is 4.79 Å². The highest BCUT2D eigenvalue weighted by molar-refractivity contribution is 7.19. The number of nitrogens with one attached hydrogen (secondary N) is 1. The summed E-state index contributed by atoms with van der Waals surface area (Å²) in [7, 11) is 4.57. The smallest absolute Gasteiger partial charge is 0.389 e. The van der Waals surface area contributed by atoms with Gasteiger partial charge in [0.15, 0.2) is 5.75 Å². The van der Waals surface area contributed by atoms with Gasteiger partial charge in [-0.05, 0) is 6.42 Å². The van der Waals surface area contributed by atoms with Crippen molar-refractivity contribution in [2.24, 2.45) is 0 Å². The Bertz CT molecular complexity index is 501. The van der Waals surface area contributed by atoms with E-state index in [0.717, 1.165) is 11.3 Å². The van der Waals surface area contributed by atoms with E-state index >= 15 is 0 Å². The fourth-order valence-electron chi connectivity index (χ4n) is 1.60. The van der Waals surface area contributed by atoms with Crippen molar-refractivity contribution < 1.29 is 22.7 Å². The van der Waals surface area contributed by atoms with E-state index in [4.69, 9.17) is 10.5 Å². The Morgan fingerprint density at radius 2 is 2.05 bits per heavy atom. The molecule has 0 saturated heterocycles. The summed E-state index contributed by atoms with van der Waals surface area (Å²) in [5.74, 6) is 0.0105. The van der Waals surface area contributed by atoms with Gasteiger partial charge < -0.3 is 20.7 Å². The van der Waals surface area contributed by atoms with Crippen molar-refractivity contribution in [2.75, 3.05) is 38.8 Å². The second kappa shape index (κ2) is 6.88. The van der Waals surface area contributed by atoms with E-state index in [2.05, 4.69) is 5.32 Å². The molecule has 0 aliphatic rings. The number of carbonyl (C=O) groups excluding carboxylic acids is 1. The Kier molecular flexibility index (Phi) is 5.70. The van der Waals surface area contributed by atoms with Gasteiger partial charge in [0.2, 0.25) is 0 Å². The molecule has 0 fully saturated rings. The van der Waals surface area contributed by atoms with Crippen molar-refractivity contribution in [2.45, 2.75) is 19.0 Å². The molecule has 21 heavy (non-hydrogen) atoms. The number of halogens is 3. The van der Waals surface area contributed by atoms with E-state index in [-0.39, 0.29) is 30.3 Å². The number of rotatable bonds is 6. The summed E-state index contributed by atoms with van der Waals surface area (Å²) in [5.41, 5.74) is 6.04. The lowest BCUT2D eigenvalue weighted by atomic mass is 10.3. The molecule has 0 aromatic carbocycles. The molecule has 0 radical (unpaired) electrons. The number of carbonyl (C=O) groups is 1. The molecule has 9 heteroatoms. The second-order valence-electron chi connectivity index (χ2n) is 4.55. The molecule has 1 rings (SSSR count). The molecule has 0 spiro atoms. The number of methoxy groups -OCH3 is 1. The van der Waals surface area contributed by atoms with Crippen LogP contribution in [0.3, 0.4) is 0 Å². The zero-order valence-electron chi connectivity index (χ0n) is 12.0. The van der Waals surface area contributed by atoms with Gasteiger partial charge in [0.25, 0.3) is 5.91 Å². The number of amides is 1. The Morgan fingerprint density at radius 3 is 2.52 bits per heavy atom. The number of hydrogen-bond donors (Lipinski definition) is 2. The third-order valence-electron chi connectivity index (χ3n) is 2.63. The van der Waals surface area contributed by atoms with Crippen LogP contribution in [-0.4, -0.2) is 44.7 Å². The molecular weight excluding hydrogens is 307 g/mol. The van der Waals surface area contributed by atoms with Crippen molar-refractivity contribution in [3.05, 3.63) is 4.88 Å². The molecule has 1 aromatic rings. The molecule has 0 aliphatic heterocycles. The molecule has 0 unspecified atom stereocenters. The molecule has 120 valence electrons. The number of nitrogens with zero attached hydrogens (tertiary/aromatic N) is 1. The molecular formula is C12H18F3N3O2S. The van der Waals surface area contributed by atoms with Crippen LogP contribution in [0.4, 0.5) is 23.9 Å². The largest absolute Gasteiger partial charge is 0.492 e. The van der Waals surface area contributed by atoms with Crippen LogP contribution >= 0.6 is 11.3 Å². The van der Waals surface area contributed by atoms with Crippen LogP contribution in [0.5, 0.6) is 5.75 Å². The van der Waals surface area contributed by atoms with Crippen LogP contribution < -0.4 is 15.8 Å². The van der Waals surface area contributed by atoms with Gasteiger partial charge in [-0.15, -0.1) is 11.3 Å². The first kappa shape index (κ1) is 17.4. The lowest BCUT2D eigenvalue weighted by Gasteiger charge is -2.08. The van der Waals surface area contributed by atoms with Gasteiger partial charge in [-0.1, -0.05) is 0 Å². The van der Waals surface area contributed by atoms with Crippen molar-refractivity contribution in [1.82, 2.24) is 4.90 Å². The first-order valence-corrected chi connectivity index (χ1v) is 6.97. The van der Waals surface area contributed by atoms with E-state index < -0.39 is 12.6 Å². The van der Waals surface area contributed by atoms with Crippen LogP contribution in [0.1, 0.15) is 22.5 Å². The quantitative estimate of drug-likeness (QED) is 0.789.